The normalized spacial score (nSPS) is 12.3. The van der Waals surface area contributed by atoms with Gasteiger partial charge in [-0.2, -0.15) is 0 Å². The number of aryl methyl sites for hydroxylation is 2. The number of nitrogens with two attached hydrogens (primary N) is 1. The summed E-state index contributed by atoms with van der Waals surface area (Å²) in [7, 11) is 1.60. The second-order valence-corrected chi connectivity index (χ2v) is 4.98. The Bertz CT molecular complexity index is 639. The van der Waals surface area contributed by atoms with Gasteiger partial charge in [-0.05, 0) is 54.3 Å². The van der Waals surface area contributed by atoms with Gasteiger partial charge in [0.25, 0.3) is 0 Å². The first-order chi connectivity index (χ1) is 9.96. The minimum absolute atomic E-state index is 0.433. The summed E-state index contributed by atoms with van der Waals surface area (Å²) >= 11 is 0. The van der Waals surface area contributed by atoms with Crippen LogP contribution in [-0.4, -0.2) is 7.11 Å². The molecule has 5 heteroatoms. The van der Waals surface area contributed by atoms with Gasteiger partial charge in [0.15, 0.2) is 0 Å². The summed E-state index contributed by atoms with van der Waals surface area (Å²) in [6.45, 7) is 3.80. The van der Waals surface area contributed by atoms with E-state index in [1.807, 2.05) is 26.0 Å². The van der Waals surface area contributed by atoms with Crippen molar-refractivity contribution in [1.82, 2.24) is 5.43 Å². The van der Waals surface area contributed by atoms with Gasteiger partial charge >= 0.3 is 0 Å². The molecule has 0 aliphatic carbocycles. The molecule has 0 radical (unpaired) electrons. The highest BCUT2D eigenvalue weighted by molar-refractivity contribution is 5.45. The van der Waals surface area contributed by atoms with Gasteiger partial charge in [0.05, 0.1) is 13.2 Å². The van der Waals surface area contributed by atoms with Crippen LogP contribution in [0.5, 0.6) is 5.75 Å². The van der Waals surface area contributed by atoms with Crippen LogP contribution in [0.2, 0.25) is 0 Å². The van der Waals surface area contributed by atoms with Crippen molar-refractivity contribution >= 4 is 0 Å². The third kappa shape index (κ3) is 3.20. The second-order valence-electron chi connectivity index (χ2n) is 4.98. The van der Waals surface area contributed by atoms with E-state index in [1.54, 1.807) is 7.11 Å². The first-order valence-electron chi connectivity index (χ1n) is 6.53. The monoisotopic (exact) mass is 292 g/mol. The van der Waals surface area contributed by atoms with Crippen LogP contribution in [-0.2, 0) is 0 Å². The zero-order valence-electron chi connectivity index (χ0n) is 12.2. The summed E-state index contributed by atoms with van der Waals surface area (Å²) in [5, 5.41) is 0. The van der Waals surface area contributed by atoms with Crippen molar-refractivity contribution < 1.29 is 13.5 Å². The molecule has 112 valence electrons. The molecule has 21 heavy (non-hydrogen) atoms. The Labute approximate surface area is 122 Å². The third-order valence-electron chi connectivity index (χ3n) is 3.48. The summed E-state index contributed by atoms with van der Waals surface area (Å²) in [4.78, 5) is 0. The molecular formula is C16H18F2N2O. The highest BCUT2D eigenvalue weighted by Gasteiger charge is 2.18. The van der Waals surface area contributed by atoms with Crippen molar-refractivity contribution in [3.05, 3.63) is 64.2 Å². The van der Waals surface area contributed by atoms with Gasteiger partial charge in [0, 0.05) is 6.07 Å². The SMILES string of the molecule is COc1cc(C)c(C(NN)c2cc(F)cc(F)c2)cc1C. The minimum atomic E-state index is -0.631. The predicted octanol–water partition coefficient (Wildman–Crippen LogP) is 3.14. The smallest absolute Gasteiger partial charge is 0.126 e. The van der Waals surface area contributed by atoms with E-state index in [0.717, 1.165) is 28.5 Å². The van der Waals surface area contributed by atoms with Gasteiger partial charge in [-0.15, -0.1) is 0 Å². The van der Waals surface area contributed by atoms with Crippen LogP contribution in [0.3, 0.4) is 0 Å². The van der Waals surface area contributed by atoms with Crippen molar-refractivity contribution in [2.24, 2.45) is 5.84 Å². The molecule has 0 amide bonds. The van der Waals surface area contributed by atoms with E-state index in [1.165, 1.54) is 12.1 Å². The van der Waals surface area contributed by atoms with E-state index < -0.39 is 17.7 Å². The molecule has 0 aliphatic heterocycles. The topological polar surface area (TPSA) is 47.3 Å². The second kappa shape index (κ2) is 6.20. The zero-order chi connectivity index (χ0) is 15.6. The molecule has 0 heterocycles. The average molecular weight is 292 g/mol. The molecule has 2 rings (SSSR count). The molecule has 0 bridgehead atoms. The number of rotatable bonds is 4. The molecule has 2 aromatic carbocycles. The first kappa shape index (κ1) is 15.4. The van der Waals surface area contributed by atoms with E-state index in [9.17, 15) is 8.78 Å². The lowest BCUT2D eigenvalue weighted by Gasteiger charge is -2.21. The van der Waals surface area contributed by atoms with Crippen molar-refractivity contribution in [2.45, 2.75) is 19.9 Å². The molecule has 1 atom stereocenters. The highest BCUT2D eigenvalue weighted by atomic mass is 19.1. The van der Waals surface area contributed by atoms with E-state index in [0.29, 0.717) is 5.56 Å². The maximum Gasteiger partial charge on any atom is 0.126 e. The lowest BCUT2D eigenvalue weighted by Crippen LogP contribution is -2.29. The number of ether oxygens (including phenoxy) is 1. The molecule has 3 nitrogen and oxygen atoms in total. The van der Waals surface area contributed by atoms with Crippen LogP contribution in [0, 0.1) is 25.5 Å². The van der Waals surface area contributed by atoms with Crippen LogP contribution in [0.15, 0.2) is 30.3 Å². The Hall–Kier alpha value is -1.98. The first-order valence-corrected chi connectivity index (χ1v) is 6.53. The van der Waals surface area contributed by atoms with Gasteiger partial charge in [0.1, 0.15) is 17.4 Å². The Morgan fingerprint density at radius 2 is 1.62 bits per heavy atom. The maximum absolute atomic E-state index is 13.4. The number of hydrazine groups is 1. The van der Waals surface area contributed by atoms with Crippen molar-refractivity contribution in [3.8, 4) is 5.75 Å². The molecule has 0 saturated heterocycles. The summed E-state index contributed by atoms with van der Waals surface area (Å²) in [6.07, 6.45) is 0. The Kier molecular flexibility index (Phi) is 4.55. The molecule has 0 saturated carbocycles. The molecule has 0 fully saturated rings. The van der Waals surface area contributed by atoms with Crippen molar-refractivity contribution in [1.29, 1.82) is 0 Å². The van der Waals surface area contributed by atoms with Crippen LogP contribution in [0.25, 0.3) is 0 Å². The van der Waals surface area contributed by atoms with E-state index >= 15 is 0 Å². The van der Waals surface area contributed by atoms with Gasteiger partial charge in [0.2, 0.25) is 0 Å². The van der Waals surface area contributed by atoms with Crippen molar-refractivity contribution in [3.63, 3.8) is 0 Å². The number of benzene rings is 2. The van der Waals surface area contributed by atoms with Gasteiger partial charge in [-0.3, -0.25) is 5.84 Å². The number of hydrogen-bond donors (Lipinski definition) is 2. The number of hydrogen-bond acceptors (Lipinski definition) is 3. The zero-order valence-corrected chi connectivity index (χ0v) is 12.2. The summed E-state index contributed by atoms with van der Waals surface area (Å²) < 4.78 is 32.1. The molecule has 2 aromatic rings. The van der Waals surface area contributed by atoms with Crippen LogP contribution in [0.4, 0.5) is 8.78 Å². The average Bonchev–Trinajstić information content (AvgIpc) is 2.42. The number of nitrogens with one attached hydrogen (secondary N) is 1. The highest BCUT2D eigenvalue weighted by Crippen LogP contribution is 2.30. The van der Waals surface area contributed by atoms with E-state index in [-0.39, 0.29) is 0 Å². The quantitative estimate of drug-likeness (QED) is 0.672. The molecule has 0 spiro atoms. The third-order valence-corrected chi connectivity index (χ3v) is 3.48. The molecule has 0 aromatic heterocycles. The number of halogens is 2. The Morgan fingerprint density at radius 1 is 1.00 bits per heavy atom. The molecule has 1 unspecified atom stereocenters. The summed E-state index contributed by atoms with van der Waals surface area (Å²) in [5.74, 6) is 5.10. The van der Waals surface area contributed by atoms with Crippen molar-refractivity contribution in [2.75, 3.05) is 7.11 Å². The summed E-state index contributed by atoms with van der Waals surface area (Å²) in [5.41, 5.74) is 5.75. The van der Waals surface area contributed by atoms with Crippen LogP contribution in [0.1, 0.15) is 28.3 Å². The van der Waals surface area contributed by atoms with Gasteiger partial charge in [-0.1, -0.05) is 6.07 Å². The molecule has 3 N–H and O–H groups in total. The standard InChI is InChI=1S/C16H18F2N2O/c1-9-5-15(21-3)10(2)4-14(9)16(20-19)11-6-12(17)8-13(18)7-11/h4-8,16,20H,19H2,1-3H3. The fraction of sp³-hybridized carbons (Fsp3) is 0.250. The fourth-order valence-electron chi connectivity index (χ4n) is 2.45. The Morgan fingerprint density at radius 3 is 2.14 bits per heavy atom. The van der Waals surface area contributed by atoms with E-state index in [4.69, 9.17) is 10.6 Å². The lowest BCUT2D eigenvalue weighted by atomic mass is 9.93. The summed E-state index contributed by atoms with van der Waals surface area (Å²) in [6, 6.07) is 6.66. The predicted molar refractivity (Wildman–Crippen MR) is 78.0 cm³/mol. The lowest BCUT2D eigenvalue weighted by molar-refractivity contribution is 0.411. The number of methoxy groups -OCH3 is 1. The van der Waals surface area contributed by atoms with Gasteiger partial charge < -0.3 is 4.74 Å². The van der Waals surface area contributed by atoms with Crippen LogP contribution >= 0.6 is 0 Å². The maximum atomic E-state index is 13.4. The molecule has 0 aliphatic rings. The molecular weight excluding hydrogens is 274 g/mol. The largest absolute Gasteiger partial charge is 0.496 e. The fourth-order valence-corrected chi connectivity index (χ4v) is 2.45. The Balaban J connectivity index is 2.53. The van der Waals surface area contributed by atoms with E-state index in [2.05, 4.69) is 5.43 Å². The van der Waals surface area contributed by atoms with Crippen LogP contribution < -0.4 is 16.0 Å². The minimum Gasteiger partial charge on any atom is -0.496 e. The van der Waals surface area contributed by atoms with Gasteiger partial charge in [-0.25, -0.2) is 14.2 Å².